The second-order valence-corrected chi connectivity index (χ2v) is 5.62. The zero-order valence-electron chi connectivity index (χ0n) is 13.4. The van der Waals surface area contributed by atoms with E-state index in [-0.39, 0.29) is 6.10 Å². The van der Waals surface area contributed by atoms with Crippen molar-refractivity contribution in [2.24, 2.45) is 0 Å². The minimum atomic E-state index is 0.208. The van der Waals surface area contributed by atoms with Gasteiger partial charge in [-0.3, -0.25) is 0 Å². The Kier molecular flexibility index (Phi) is 5.26. The van der Waals surface area contributed by atoms with Gasteiger partial charge in [-0.25, -0.2) is 0 Å². The van der Waals surface area contributed by atoms with Gasteiger partial charge in [0, 0.05) is 12.2 Å². The summed E-state index contributed by atoms with van der Waals surface area (Å²) < 4.78 is 5.72. The lowest BCUT2D eigenvalue weighted by atomic mass is 10.1. The van der Waals surface area contributed by atoms with Crippen LogP contribution in [0.3, 0.4) is 0 Å². The third-order valence-electron chi connectivity index (χ3n) is 3.54. The lowest BCUT2D eigenvalue weighted by Crippen LogP contribution is -2.07. The Morgan fingerprint density at radius 3 is 2.38 bits per heavy atom. The third kappa shape index (κ3) is 4.25. The monoisotopic (exact) mass is 283 g/mol. The molecular weight excluding hydrogens is 258 g/mol. The molecule has 0 aromatic heterocycles. The van der Waals surface area contributed by atoms with E-state index in [1.807, 2.05) is 19.9 Å². The van der Waals surface area contributed by atoms with E-state index in [0.717, 1.165) is 24.4 Å². The molecule has 0 heterocycles. The fourth-order valence-electron chi connectivity index (χ4n) is 2.45. The van der Waals surface area contributed by atoms with Gasteiger partial charge in [-0.1, -0.05) is 31.2 Å². The van der Waals surface area contributed by atoms with Gasteiger partial charge < -0.3 is 10.1 Å². The Bertz CT molecular complexity index is 590. The van der Waals surface area contributed by atoms with Crippen molar-refractivity contribution in [3.05, 3.63) is 59.2 Å². The van der Waals surface area contributed by atoms with Crippen LogP contribution in [0.1, 0.15) is 37.5 Å². The highest BCUT2D eigenvalue weighted by atomic mass is 16.5. The second kappa shape index (κ2) is 7.16. The number of benzene rings is 2. The van der Waals surface area contributed by atoms with Crippen LogP contribution in [0.2, 0.25) is 0 Å². The Labute approximate surface area is 128 Å². The van der Waals surface area contributed by atoms with Crippen molar-refractivity contribution in [1.82, 2.24) is 0 Å². The summed E-state index contributed by atoms with van der Waals surface area (Å²) in [7, 11) is 0. The van der Waals surface area contributed by atoms with Gasteiger partial charge in [0.2, 0.25) is 0 Å². The van der Waals surface area contributed by atoms with Crippen molar-refractivity contribution >= 4 is 5.69 Å². The number of hydrogen-bond donors (Lipinski definition) is 1. The average molecular weight is 283 g/mol. The van der Waals surface area contributed by atoms with Gasteiger partial charge in [0.25, 0.3) is 0 Å². The Morgan fingerprint density at radius 2 is 1.76 bits per heavy atom. The summed E-state index contributed by atoms with van der Waals surface area (Å²) >= 11 is 0. The Hall–Kier alpha value is -1.96. The highest BCUT2D eigenvalue weighted by Crippen LogP contribution is 2.23. The summed E-state index contributed by atoms with van der Waals surface area (Å²) in [4.78, 5) is 0. The molecule has 2 aromatic carbocycles. The molecule has 0 aliphatic heterocycles. The van der Waals surface area contributed by atoms with Crippen molar-refractivity contribution in [2.45, 2.75) is 46.8 Å². The fraction of sp³-hybridized carbons (Fsp3) is 0.368. The van der Waals surface area contributed by atoms with E-state index in [9.17, 15) is 0 Å². The quantitative estimate of drug-likeness (QED) is 0.809. The lowest BCUT2D eigenvalue weighted by molar-refractivity contribution is 0.242. The van der Waals surface area contributed by atoms with Crippen LogP contribution < -0.4 is 10.1 Å². The summed E-state index contributed by atoms with van der Waals surface area (Å²) in [6.45, 7) is 9.25. The van der Waals surface area contributed by atoms with Crippen LogP contribution in [0, 0.1) is 6.92 Å². The molecule has 2 rings (SSSR count). The van der Waals surface area contributed by atoms with Crippen LogP contribution in [0.25, 0.3) is 0 Å². The molecule has 1 N–H and O–H groups in total. The van der Waals surface area contributed by atoms with Crippen molar-refractivity contribution in [3.63, 3.8) is 0 Å². The van der Waals surface area contributed by atoms with Gasteiger partial charge in [-0.15, -0.1) is 0 Å². The van der Waals surface area contributed by atoms with Gasteiger partial charge in [-0.05, 0) is 62.1 Å². The molecule has 0 aliphatic carbocycles. The van der Waals surface area contributed by atoms with Crippen LogP contribution in [0.4, 0.5) is 5.69 Å². The number of ether oxygens (including phenoxy) is 1. The zero-order valence-corrected chi connectivity index (χ0v) is 13.4. The summed E-state index contributed by atoms with van der Waals surface area (Å²) in [5.74, 6) is 0.932. The first kappa shape index (κ1) is 15.4. The number of nitrogens with one attached hydrogen (secondary N) is 1. The maximum absolute atomic E-state index is 5.72. The standard InChI is InChI=1S/C19H25NO/c1-5-16-8-6-7-9-17(16)13-20-19-11-10-18(12-15(19)4)21-14(2)3/h6-12,14,20H,5,13H2,1-4H3. The predicted octanol–water partition coefficient (Wildman–Crippen LogP) is 4.96. The molecule has 0 unspecified atom stereocenters. The molecule has 0 bridgehead atoms. The number of rotatable bonds is 6. The van der Waals surface area contributed by atoms with E-state index in [0.29, 0.717) is 0 Å². The van der Waals surface area contributed by atoms with Crippen LogP contribution in [-0.4, -0.2) is 6.10 Å². The van der Waals surface area contributed by atoms with E-state index in [1.165, 1.54) is 16.7 Å². The van der Waals surface area contributed by atoms with E-state index < -0.39 is 0 Å². The molecule has 0 atom stereocenters. The van der Waals surface area contributed by atoms with Crippen LogP contribution in [-0.2, 0) is 13.0 Å². The number of hydrogen-bond acceptors (Lipinski definition) is 2. The molecule has 21 heavy (non-hydrogen) atoms. The van der Waals surface area contributed by atoms with Gasteiger partial charge in [0.15, 0.2) is 0 Å². The molecule has 0 aliphatic rings. The molecule has 0 radical (unpaired) electrons. The molecular formula is C19H25NO. The average Bonchev–Trinajstić information content (AvgIpc) is 2.46. The van der Waals surface area contributed by atoms with E-state index in [1.54, 1.807) is 0 Å². The Morgan fingerprint density at radius 1 is 1.05 bits per heavy atom. The summed E-state index contributed by atoms with van der Waals surface area (Å²) in [5.41, 5.74) is 5.14. The van der Waals surface area contributed by atoms with Crippen LogP contribution in [0.5, 0.6) is 5.75 Å². The third-order valence-corrected chi connectivity index (χ3v) is 3.54. The smallest absolute Gasteiger partial charge is 0.120 e. The van der Waals surface area contributed by atoms with Crippen molar-refractivity contribution in [3.8, 4) is 5.75 Å². The molecule has 0 saturated carbocycles. The maximum atomic E-state index is 5.72. The number of aryl methyl sites for hydroxylation is 2. The van der Waals surface area contributed by atoms with Gasteiger partial charge in [0.05, 0.1) is 6.10 Å². The molecule has 0 spiro atoms. The van der Waals surface area contributed by atoms with Gasteiger partial charge in [0.1, 0.15) is 5.75 Å². The Balaban J connectivity index is 2.06. The normalized spacial score (nSPS) is 10.7. The molecule has 0 fully saturated rings. The molecule has 2 heteroatoms. The first-order chi connectivity index (χ1) is 10.1. The van der Waals surface area contributed by atoms with Crippen molar-refractivity contribution in [2.75, 3.05) is 5.32 Å². The first-order valence-electron chi connectivity index (χ1n) is 7.68. The molecule has 0 amide bonds. The fourth-order valence-corrected chi connectivity index (χ4v) is 2.45. The van der Waals surface area contributed by atoms with E-state index >= 15 is 0 Å². The van der Waals surface area contributed by atoms with Crippen LogP contribution >= 0.6 is 0 Å². The zero-order chi connectivity index (χ0) is 15.2. The van der Waals surface area contributed by atoms with Gasteiger partial charge >= 0.3 is 0 Å². The highest BCUT2D eigenvalue weighted by Gasteiger charge is 2.04. The first-order valence-corrected chi connectivity index (χ1v) is 7.68. The SMILES string of the molecule is CCc1ccccc1CNc1ccc(OC(C)C)cc1C. The number of anilines is 1. The van der Waals surface area contributed by atoms with Crippen molar-refractivity contribution < 1.29 is 4.74 Å². The van der Waals surface area contributed by atoms with Gasteiger partial charge in [-0.2, -0.15) is 0 Å². The maximum Gasteiger partial charge on any atom is 0.120 e. The minimum Gasteiger partial charge on any atom is -0.491 e. The second-order valence-electron chi connectivity index (χ2n) is 5.62. The minimum absolute atomic E-state index is 0.208. The van der Waals surface area contributed by atoms with Crippen molar-refractivity contribution in [1.29, 1.82) is 0 Å². The van der Waals surface area contributed by atoms with E-state index in [4.69, 9.17) is 4.74 Å². The van der Waals surface area contributed by atoms with Crippen LogP contribution in [0.15, 0.2) is 42.5 Å². The summed E-state index contributed by atoms with van der Waals surface area (Å²) in [5, 5.41) is 3.53. The predicted molar refractivity (Wildman–Crippen MR) is 90.1 cm³/mol. The summed E-state index contributed by atoms with van der Waals surface area (Å²) in [6.07, 6.45) is 1.28. The largest absolute Gasteiger partial charge is 0.491 e. The summed E-state index contributed by atoms with van der Waals surface area (Å²) in [6, 6.07) is 14.8. The lowest BCUT2D eigenvalue weighted by Gasteiger charge is -2.15. The molecule has 0 saturated heterocycles. The molecule has 2 aromatic rings. The van der Waals surface area contributed by atoms with E-state index in [2.05, 4.69) is 55.6 Å². The molecule has 112 valence electrons. The topological polar surface area (TPSA) is 21.3 Å². The highest BCUT2D eigenvalue weighted by molar-refractivity contribution is 5.54. The molecule has 2 nitrogen and oxygen atoms in total.